The summed E-state index contributed by atoms with van der Waals surface area (Å²) >= 11 is 0. The highest BCUT2D eigenvalue weighted by atomic mass is 19.3. The van der Waals surface area contributed by atoms with Crippen LogP contribution in [0, 0.1) is 5.82 Å². The number of hydrogen-bond donors (Lipinski definition) is 2. The summed E-state index contributed by atoms with van der Waals surface area (Å²) in [5, 5.41) is 4.42. The Bertz CT molecular complexity index is 598. The van der Waals surface area contributed by atoms with Gasteiger partial charge in [0.1, 0.15) is 5.82 Å². The van der Waals surface area contributed by atoms with Gasteiger partial charge in [0.25, 0.3) is 6.43 Å². The van der Waals surface area contributed by atoms with Crippen LogP contribution in [-0.4, -0.2) is 23.6 Å². The lowest BCUT2D eigenvalue weighted by atomic mass is 10.3. The van der Waals surface area contributed by atoms with E-state index in [1.807, 2.05) is 5.32 Å². The number of amides is 2. The Balaban J connectivity index is 2.00. The highest BCUT2D eigenvalue weighted by Crippen LogP contribution is 2.15. The molecule has 0 radical (unpaired) electrons. The molecule has 0 saturated heterocycles. The van der Waals surface area contributed by atoms with Gasteiger partial charge in [-0.15, -0.1) is 0 Å². The predicted octanol–water partition coefficient (Wildman–Crippen LogP) is 3.00. The second kappa shape index (κ2) is 6.14. The van der Waals surface area contributed by atoms with Crippen LogP contribution in [0.15, 0.2) is 42.7 Å². The van der Waals surface area contributed by atoms with Crippen molar-refractivity contribution in [2.45, 2.75) is 6.43 Å². The molecule has 0 saturated carbocycles. The lowest BCUT2D eigenvalue weighted by molar-refractivity contribution is 0.148. The van der Waals surface area contributed by atoms with Gasteiger partial charge in [0.15, 0.2) is 0 Å². The normalized spacial score (nSPS) is 10.6. The van der Waals surface area contributed by atoms with Crippen LogP contribution < -0.4 is 10.6 Å². The summed E-state index contributed by atoms with van der Waals surface area (Å²) in [6.07, 6.45) is 0.575. The molecule has 0 bridgehead atoms. The molecule has 2 amide bonds. The maximum absolute atomic E-state index is 13.1. The molecule has 0 aliphatic rings. The van der Waals surface area contributed by atoms with Crippen molar-refractivity contribution in [3.63, 3.8) is 0 Å². The van der Waals surface area contributed by atoms with Gasteiger partial charge >= 0.3 is 6.03 Å². The van der Waals surface area contributed by atoms with Crippen molar-refractivity contribution < 1.29 is 18.0 Å². The number of benzene rings is 1. The van der Waals surface area contributed by atoms with E-state index in [4.69, 9.17) is 0 Å². The Morgan fingerprint density at radius 3 is 2.80 bits per heavy atom. The molecule has 0 spiro atoms. The molecule has 2 aromatic rings. The van der Waals surface area contributed by atoms with E-state index in [0.717, 1.165) is 0 Å². The van der Waals surface area contributed by atoms with E-state index < -0.39 is 19.0 Å². The molecular formula is C13H12F3N3O. The van der Waals surface area contributed by atoms with Crippen LogP contribution in [0.5, 0.6) is 0 Å². The highest BCUT2D eigenvalue weighted by molar-refractivity contribution is 5.89. The Morgan fingerprint density at radius 2 is 2.10 bits per heavy atom. The number of alkyl halides is 2. The predicted molar refractivity (Wildman–Crippen MR) is 68.8 cm³/mol. The van der Waals surface area contributed by atoms with Crippen LogP contribution in [-0.2, 0) is 0 Å². The maximum atomic E-state index is 13.1. The van der Waals surface area contributed by atoms with Crippen LogP contribution in [0.2, 0.25) is 0 Å². The molecule has 2 rings (SSSR count). The lowest BCUT2D eigenvalue weighted by Gasteiger charge is -2.05. The highest BCUT2D eigenvalue weighted by Gasteiger charge is 2.07. The van der Waals surface area contributed by atoms with Crippen LogP contribution in [0.25, 0.3) is 5.69 Å². The zero-order valence-corrected chi connectivity index (χ0v) is 10.3. The molecule has 4 nitrogen and oxygen atoms in total. The fraction of sp³-hybridized carbons (Fsp3) is 0.154. The number of nitrogens with zero attached hydrogens (tertiary/aromatic N) is 1. The van der Waals surface area contributed by atoms with Gasteiger partial charge in [0.05, 0.1) is 12.2 Å². The molecule has 0 aliphatic carbocycles. The Kier molecular flexibility index (Phi) is 4.29. The smallest absolute Gasteiger partial charge is 0.319 e. The standard InChI is InChI=1S/C13H12F3N3O/c14-9-2-1-3-11(6-9)19-5-4-10(8-19)18-13(20)17-7-12(15)16/h1-6,8,12H,7H2,(H2,17,18,20). The van der Waals surface area contributed by atoms with Gasteiger partial charge in [0.2, 0.25) is 0 Å². The number of carbonyl (C=O) groups is 1. The summed E-state index contributed by atoms with van der Waals surface area (Å²) in [6.45, 7) is -0.712. The van der Waals surface area contributed by atoms with Gasteiger partial charge < -0.3 is 15.2 Å². The number of urea groups is 1. The van der Waals surface area contributed by atoms with E-state index in [0.29, 0.717) is 11.4 Å². The molecule has 0 fully saturated rings. The molecule has 0 atom stereocenters. The average molecular weight is 283 g/mol. The fourth-order valence-electron chi connectivity index (χ4n) is 1.61. The quantitative estimate of drug-likeness (QED) is 0.890. The van der Waals surface area contributed by atoms with E-state index in [9.17, 15) is 18.0 Å². The summed E-state index contributed by atoms with van der Waals surface area (Å²) in [6, 6.07) is 6.77. The SMILES string of the molecule is O=C(NCC(F)F)Nc1ccn(-c2cccc(F)c2)c1. The molecule has 1 heterocycles. The third kappa shape index (κ3) is 3.78. The summed E-state index contributed by atoms with van der Waals surface area (Å²) < 4.78 is 38.5. The minimum Gasteiger partial charge on any atom is -0.332 e. The first-order valence-electron chi connectivity index (χ1n) is 5.81. The van der Waals surface area contributed by atoms with Gasteiger partial charge in [-0.3, -0.25) is 0 Å². The van der Waals surface area contributed by atoms with E-state index in [2.05, 4.69) is 5.32 Å². The van der Waals surface area contributed by atoms with Gasteiger partial charge in [0, 0.05) is 18.1 Å². The molecule has 7 heteroatoms. The second-order valence-electron chi connectivity index (χ2n) is 4.01. The number of aromatic nitrogens is 1. The number of halogens is 3. The van der Waals surface area contributed by atoms with Gasteiger partial charge in [-0.05, 0) is 24.3 Å². The number of hydrogen-bond acceptors (Lipinski definition) is 1. The first-order valence-corrected chi connectivity index (χ1v) is 5.81. The van der Waals surface area contributed by atoms with Crippen molar-refractivity contribution in [3.05, 3.63) is 48.5 Å². The van der Waals surface area contributed by atoms with Crippen molar-refractivity contribution in [2.75, 3.05) is 11.9 Å². The van der Waals surface area contributed by atoms with Gasteiger partial charge in [-0.2, -0.15) is 0 Å². The number of nitrogens with one attached hydrogen (secondary N) is 2. The van der Waals surface area contributed by atoms with Gasteiger partial charge in [-0.25, -0.2) is 18.0 Å². The monoisotopic (exact) mass is 283 g/mol. The maximum Gasteiger partial charge on any atom is 0.319 e. The van der Waals surface area contributed by atoms with Crippen LogP contribution in [0.1, 0.15) is 0 Å². The Hall–Kier alpha value is -2.44. The lowest BCUT2D eigenvalue weighted by Crippen LogP contribution is -2.32. The largest absolute Gasteiger partial charge is 0.332 e. The van der Waals surface area contributed by atoms with Crippen molar-refractivity contribution in [2.24, 2.45) is 0 Å². The summed E-state index contributed by atoms with van der Waals surface area (Å²) in [5.41, 5.74) is 1.01. The minimum atomic E-state index is -2.60. The first kappa shape index (κ1) is 14.0. The third-order valence-corrected chi connectivity index (χ3v) is 2.47. The van der Waals surface area contributed by atoms with Crippen molar-refractivity contribution in [1.82, 2.24) is 9.88 Å². The molecule has 0 unspecified atom stereocenters. The van der Waals surface area contributed by atoms with Gasteiger partial charge in [-0.1, -0.05) is 6.07 Å². The minimum absolute atomic E-state index is 0.375. The average Bonchev–Trinajstić information content (AvgIpc) is 2.85. The zero-order valence-electron chi connectivity index (χ0n) is 10.3. The van der Waals surface area contributed by atoms with E-state index in [1.165, 1.54) is 12.1 Å². The summed E-state index contributed by atoms with van der Waals surface area (Å²) in [4.78, 5) is 11.3. The number of rotatable bonds is 4. The number of carbonyl (C=O) groups excluding carboxylic acids is 1. The fourth-order valence-corrected chi connectivity index (χ4v) is 1.61. The van der Waals surface area contributed by atoms with Crippen molar-refractivity contribution in [3.8, 4) is 5.69 Å². The van der Waals surface area contributed by atoms with Crippen molar-refractivity contribution >= 4 is 11.7 Å². The Morgan fingerprint density at radius 1 is 1.30 bits per heavy atom. The van der Waals surface area contributed by atoms with E-state index >= 15 is 0 Å². The third-order valence-electron chi connectivity index (χ3n) is 2.47. The molecule has 1 aromatic heterocycles. The topological polar surface area (TPSA) is 46.1 Å². The summed E-state index contributed by atoms with van der Waals surface area (Å²) in [5.74, 6) is -0.375. The zero-order chi connectivity index (χ0) is 14.5. The molecule has 106 valence electrons. The van der Waals surface area contributed by atoms with Crippen LogP contribution >= 0.6 is 0 Å². The van der Waals surface area contributed by atoms with E-state index in [-0.39, 0.29) is 5.82 Å². The van der Waals surface area contributed by atoms with E-state index in [1.54, 1.807) is 35.2 Å². The molecule has 20 heavy (non-hydrogen) atoms. The molecule has 2 N–H and O–H groups in total. The Labute approximate surface area is 113 Å². The van der Waals surface area contributed by atoms with Crippen LogP contribution in [0.4, 0.5) is 23.7 Å². The second-order valence-corrected chi connectivity index (χ2v) is 4.01. The molecule has 1 aromatic carbocycles. The first-order chi connectivity index (χ1) is 9.54. The number of anilines is 1. The summed E-state index contributed by atoms with van der Waals surface area (Å²) in [7, 11) is 0. The molecule has 0 aliphatic heterocycles. The van der Waals surface area contributed by atoms with Crippen molar-refractivity contribution in [1.29, 1.82) is 0 Å². The molecular weight excluding hydrogens is 271 g/mol. The van der Waals surface area contributed by atoms with Crippen LogP contribution in [0.3, 0.4) is 0 Å².